The van der Waals surface area contributed by atoms with E-state index in [9.17, 15) is 9.90 Å². The molecule has 0 unspecified atom stereocenters. The zero-order chi connectivity index (χ0) is 14.0. The van der Waals surface area contributed by atoms with Crippen molar-refractivity contribution in [2.75, 3.05) is 20.8 Å². The maximum Gasteiger partial charge on any atom is 0.329 e. The predicted octanol–water partition coefficient (Wildman–Crippen LogP) is 2.10. The second kappa shape index (κ2) is 9.79. The second-order valence-electron chi connectivity index (χ2n) is 2.88. The van der Waals surface area contributed by atoms with E-state index in [2.05, 4.69) is 9.05 Å². The van der Waals surface area contributed by atoms with Gasteiger partial charge in [-0.15, -0.1) is 0 Å². The van der Waals surface area contributed by atoms with Crippen molar-refractivity contribution >= 4 is 14.9 Å². The van der Waals surface area contributed by atoms with Gasteiger partial charge < -0.3 is 23.8 Å². The van der Waals surface area contributed by atoms with E-state index in [-0.39, 0.29) is 5.75 Å². The molecule has 0 aromatic heterocycles. The average molecular weight is 276 g/mol. The van der Waals surface area contributed by atoms with E-state index < -0.39 is 8.60 Å². The summed E-state index contributed by atoms with van der Waals surface area (Å²) in [5.74, 6) is 0.407. The number of hydrogen-bond donors (Lipinski definition) is 2. The third kappa shape index (κ3) is 6.51. The van der Waals surface area contributed by atoms with Gasteiger partial charge >= 0.3 is 8.60 Å². The first-order chi connectivity index (χ1) is 8.58. The quantitative estimate of drug-likeness (QED) is 0.632. The molecule has 2 N–H and O–H groups in total. The lowest BCUT2D eigenvalue weighted by molar-refractivity contribution is 0.112. The molecule has 0 atom stereocenters. The monoisotopic (exact) mass is 276 g/mol. The Hall–Kier alpha value is -1.20. The fourth-order valence-electron chi connectivity index (χ4n) is 0.950. The third-order valence-electron chi connectivity index (χ3n) is 1.73. The van der Waals surface area contributed by atoms with Crippen LogP contribution in [0.25, 0.3) is 0 Å². The highest BCUT2D eigenvalue weighted by atomic mass is 31.2. The van der Waals surface area contributed by atoms with Gasteiger partial charge in [0, 0.05) is 19.8 Å². The molecular formula is C11H17O6P. The topological polar surface area (TPSA) is 85.2 Å². The minimum atomic E-state index is -1.58. The van der Waals surface area contributed by atoms with Crippen LogP contribution in [-0.2, 0) is 9.05 Å². The maximum absolute atomic E-state index is 10.3. The molecule has 18 heavy (non-hydrogen) atoms. The summed E-state index contributed by atoms with van der Waals surface area (Å²) in [6.07, 6.45) is 0.710. The van der Waals surface area contributed by atoms with E-state index in [4.69, 9.17) is 9.63 Å². The molecule has 0 saturated carbocycles. The molecule has 1 aromatic rings. The van der Waals surface area contributed by atoms with Crippen LogP contribution in [0.15, 0.2) is 18.2 Å². The molecule has 1 aromatic carbocycles. The van der Waals surface area contributed by atoms with Crippen molar-refractivity contribution in [2.45, 2.75) is 6.92 Å². The van der Waals surface area contributed by atoms with E-state index in [1.165, 1.54) is 32.4 Å². The fraction of sp³-hybridized carbons (Fsp3) is 0.364. The Bertz CT molecular complexity index is 353. The van der Waals surface area contributed by atoms with Crippen LogP contribution < -0.4 is 4.74 Å². The Morgan fingerprint density at radius 1 is 1.33 bits per heavy atom. The molecule has 7 heteroatoms. The summed E-state index contributed by atoms with van der Waals surface area (Å²) in [4.78, 5) is 18.6. The highest BCUT2D eigenvalue weighted by Gasteiger charge is 2.01. The molecule has 6 nitrogen and oxygen atoms in total. The number of rotatable bonds is 5. The number of benzene rings is 1. The van der Waals surface area contributed by atoms with Crippen LogP contribution in [-0.4, -0.2) is 37.1 Å². The third-order valence-corrected chi connectivity index (χ3v) is 2.36. The van der Waals surface area contributed by atoms with Crippen molar-refractivity contribution in [1.82, 2.24) is 0 Å². The van der Waals surface area contributed by atoms with Crippen molar-refractivity contribution in [3.05, 3.63) is 23.8 Å². The molecule has 102 valence electrons. The lowest BCUT2D eigenvalue weighted by Gasteiger charge is -2.04. The number of carbonyl (C=O) groups is 1. The van der Waals surface area contributed by atoms with E-state index in [1.807, 2.05) is 6.92 Å². The zero-order valence-electron chi connectivity index (χ0n) is 10.5. The first-order valence-electron chi connectivity index (χ1n) is 5.07. The summed E-state index contributed by atoms with van der Waals surface area (Å²) in [6.45, 7) is 2.28. The summed E-state index contributed by atoms with van der Waals surface area (Å²) < 4.78 is 13.7. The molecule has 0 bridgehead atoms. The summed E-state index contributed by atoms with van der Waals surface area (Å²) >= 11 is 0. The van der Waals surface area contributed by atoms with Crippen molar-refractivity contribution in [3.8, 4) is 11.5 Å². The number of phenols is 1. The average Bonchev–Trinajstić information content (AvgIpc) is 2.41. The lowest BCUT2D eigenvalue weighted by Crippen LogP contribution is -1.92. The first kappa shape index (κ1) is 16.8. The minimum absolute atomic E-state index is 0.0578. The minimum Gasteiger partial charge on any atom is -0.504 e. The van der Waals surface area contributed by atoms with Gasteiger partial charge in [-0.05, 0) is 25.1 Å². The number of ether oxygens (including phenoxy) is 1. The van der Waals surface area contributed by atoms with Crippen LogP contribution >= 0.6 is 8.60 Å². The van der Waals surface area contributed by atoms with Crippen LogP contribution in [0.4, 0.5) is 0 Å². The van der Waals surface area contributed by atoms with Gasteiger partial charge in [-0.25, -0.2) is 0 Å². The summed E-state index contributed by atoms with van der Waals surface area (Å²) in [5, 5.41) is 9.22. The zero-order valence-corrected chi connectivity index (χ0v) is 11.4. The van der Waals surface area contributed by atoms with Gasteiger partial charge in [0.15, 0.2) is 11.5 Å². The predicted molar refractivity (Wildman–Crippen MR) is 67.8 cm³/mol. The van der Waals surface area contributed by atoms with Crippen molar-refractivity contribution in [1.29, 1.82) is 0 Å². The van der Waals surface area contributed by atoms with E-state index >= 15 is 0 Å². The molecule has 0 aliphatic rings. The van der Waals surface area contributed by atoms with Crippen molar-refractivity contribution < 1.29 is 28.6 Å². The van der Waals surface area contributed by atoms with Gasteiger partial charge in [0.05, 0.1) is 6.61 Å². The van der Waals surface area contributed by atoms with E-state index in [1.54, 1.807) is 0 Å². The van der Waals surface area contributed by atoms with Gasteiger partial charge in [0.1, 0.15) is 6.29 Å². The highest BCUT2D eigenvalue weighted by Crippen LogP contribution is 2.28. The maximum atomic E-state index is 10.3. The SMILES string of the molecule is CCOc1cc(C=O)ccc1O.COP(O)OC. The summed E-state index contributed by atoms with van der Waals surface area (Å²) in [7, 11) is 1.19. The smallest absolute Gasteiger partial charge is 0.329 e. The Balaban J connectivity index is 0.000000411. The molecule has 0 aliphatic carbocycles. The molecule has 0 saturated heterocycles. The Labute approximate surface area is 107 Å². The van der Waals surface area contributed by atoms with E-state index in [0.29, 0.717) is 24.2 Å². The molecule has 0 aliphatic heterocycles. The van der Waals surface area contributed by atoms with Gasteiger partial charge in [0.25, 0.3) is 0 Å². The first-order valence-corrected chi connectivity index (χ1v) is 6.20. The number of aromatic hydroxyl groups is 1. The highest BCUT2D eigenvalue weighted by molar-refractivity contribution is 7.40. The van der Waals surface area contributed by atoms with Crippen LogP contribution in [0, 0.1) is 0 Å². The van der Waals surface area contributed by atoms with Gasteiger partial charge in [-0.3, -0.25) is 4.79 Å². The van der Waals surface area contributed by atoms with Crippen LogP contribution in [0.3, 0.4) is 0 Å². The summed E-state index contributed by atoms with van der Waals surface area (Å²) in [6, 6.07) is 4.48. The second-order valence-corrected chi connectivity index (χ2v) is 4.09. The molecule has 1 rings (SSSR count). The molecule has 0 amide bonds. The van der Waals surface area contributed by atoms with Gasteiger partial charge in [0.2, 0.25) is 0 Å². The number of carbonyl (C=O) groups excluding carboxylic acids is 1. The molecule has 0 radical (unpaired) electrons. The molecule has 0 fully saturated rings. The summed E-state index contributed by atoms with van der Waals surface area (Å²) in [5.41, 5.74) is 0.497. The van der Waals surface area contributed by atoms with E-state index in [0.717, 1.165) is 0 Å². The van der Waals surface area contributed by atoms with Crippen molar-refractivity contribution in [2.24, 2.45) is 0 Å². The Morgan fingerprint density at radius 3 is 2.33 bits per heavy atom. The van der Waals surface area contributed by atoms with Gasteiger partial charge in [-0.2, -0.15) is 0 Å². The number of phenolic OH excluding ortho intramolecular Hbond substituents is 1. The van der Waals surface area contributed by atoms with Crippen LogP contribution in [0.1, 0.15) is 17.3 Å². The van der Waals surface area contributed by atoms with Crippen LogP contribution in [0.5, 0.6) is 11.5 Å². The Kier molecular flexibility index (Phi) is 9.14. The van der Waals surface area contributed by atoms with Gasteiger partial charge in [-0.1, -0.05) is 0 Å². The molecule has 0 spiro atoms. The molecular weight excluding hydrogens is 259 g/mol. The number of aldehydes is 1. The van der Waals surface area contributed by atoms with Crippen molar-refractivity contribution in [3.63, 3.8) is 0 Å². The standard InChI is InChI=1S/C9H10O3.C2H7O3P/c1-2-12-9-5-7(6-10)3-4-8(9)11;1-4-6(3)5-2/h3-6,11H,2H2,1H3;3H,1-2H3. The molecule has 0 heterocycles. The Morgan fingerprint density at radius 2 is 1.94 bits per heavy atom. The largest absolute Gasteiger partial charge is 0.504 e. The van der Waals surface area contributed by atoms with Crippen LogP contribution in [0.2, 0.25) is 0 Å². The lowest BCUT2D eigenvalue weighted by atomic mass is 10.2. The fourth-order valence-corrected chi connectivity index (χ4v) is 1.10. The number of hydrogen-bond acceptors (Lipinski definition) is 6. The normalized spacial score (nSPS) is 9.61.